The Balaban J connectivity index is 1.27. The minimum atomic E-state index is -3.97. The van der Waals surface area contributed by atoms with Crippen LogP contribution in [0.5, 0.6) is 5.75 Å². The topological polar surface area (TPSA) is 147 Å². The summed E-state index contributed by atoms with van der Waals surface area (Å²) in [5.41, 5.74) is 4.49. The number of imidazole rings is 1. The molecule has 10 nitrogen and oxygen atoms in total. The first kappa shape index (κ1) is 28.6. The third-order valence-electron chi connectivity index (χ3n) is 7.42. The number of carbonyl (C=O) groups excluding carboxylic acids is 1. The van der Waals surface area contributed by atoms with Gasteiger partial charge < -0.3 is 9.72 Å². The summed E-state index contributed by atoms with van der Waals surface area (Å²) in [6.07, 6.45) is 0.0954. The van der Waals surface area contributed by atoms with Crippen LogP contribution in [0.2, 0.25) is 0 Å². The molecular weight excluding hydrogens is 588 g/mol. The maximum absolute atomic E-state index is 13.6. The number of nitrogens with one attached hydrogen (secondary N) is 3. The Hall–Kier alpha value is -4.52. The number of hydrogen-bond donors (Lipinski definition) is 3. The quantitative estimate of drug-likeness (QED) is 0.223. The lowest BCUT2D eigenvalue weighted by Crippen LogP contribution is -2.31. The van der Waals surface area contributed by atoms with E-state index in [4.69, 9.17) is 4.74 Å². The maximum atomic E-state index is 13.6. The van der Waals surface area contributed by atoms with Crippen LogP contribution in [-0.2, 0) is 31.3 Å². The summed E-state index contributed by atoms with van der Waals surface area (Å²) in [6, 6.07) is 27.5. The Labute approximate surface area is 249 Å². The zero-order valence-corrected chi connectivity index (χ0v) is 24.7. The summed E-state index contributed by atoms with van der Waals surface area (Å²) >= 11 is 0. The number of sulfonamides is 2. The highest BCUT2D eigenvalue weighted by Crippen LogP contribution is 2.31. The second-order valence-corrected chi connectivity index (χ2v) is 13.9. The molecule has 1 amide bonds. The molecule has 0 radical (unpaired) electrons. The van der Waals surface area contributed by atoms with Crippen molar-refractivity contribution in [1.29, 1.82) is 0 Å². The lowest BCUT2D eigenvalue weighted by atomic mass is 10.0. The second-order valence-electron chi connectivity index (χ2n) is 10.3. The van der Waals surface area contributed by atoms with E-state index in [0.29, 0.717) is 16.9 Å². The normalized spacial score (nSPS) is 17.0. The van der Waals surface area contributed by atoms with E-state index in [2.05, 4.69) is 14.7 Å². The number of para-hydroxylation sites is 2. The molecule has 12 heteroatoms. The van der Waals surface area contributed by atoms with Gasteiger partial charge in [0.1, 0.15) is 16.8 Å². The third-order valence-corrected chi connectivity index (χ3v) is 10.6. The highest BCUT2D eigenvalue weighted by molar-refractivity contribution is 7.90. The molecule has 1 saturated heterocycles. The molecular formula is C31H28N4O6S2. The fraction of sp³-hybridized carbons (Fsp3) is 0.161. The van der Waals surface area contributed by atoms with Gasteiger partial charge in [0, 0.05) is 0 Å². The molecule has 3 N–H and O–H groups in total. The molecule has 1 aromatic heterocycles. The first-order valence-electron chi connectivity index (χ1n) is 13.5. The Bertz CT molecular complexity index is 1970. The number of fused-ring (bicyclic) bond motifs is 1. The molecule has 1 unspecified atom stereocenters. The summed E-state index contributed by atoms with van der Waals surface area (Å²) in [6.45, 7) is 0. The second kappa shape index (κ2) is 11.3. The molecule has 2 atom stereocenters. The van der Waals surface area contributed by atoms with Crippen LogP contribution in [0.4, 0.5) is 0 Å². The van der Waals surface area contributed by atoms with Crippen LogP contribution in [0.25, 0.3) is 22.2 Å². The molecule has 220 valence electrons. The van der Waals surface area contributed by atoms with Crippen molar-refractivity contribution in [3.8, 4) is 16.9 Å². The number of benzene rings is 4. The van der Waals surface area contributed by atoms with Gasteiger partial charge in [0.2, 0.25) is 26.0 Å². The van der Waals surface area contributed by atoms with Crippen LogP contribution < -0.4 is 14.2 Å². The van der Waals surface area contributed by atoms with E-state index < -0.39 is 37.2 Å². The third kappa shape index (κ3) is 6.03. The molecule has 1 fully saturated rings. The predicted molar refractivity (Wildman–Crippen MR) is 162 cm³/mol. The average Bonchev–Trinajstić information content (AvgIpc) is 3.56. The number of hydrogen-bond acceptors (Lipinski definition) is 7. The smallest absolute Gasteiger partial charge is 0.242 e. The highest BCUT2D eigenvalue weighted by Gasteiger charge is 2.37. The largest absolute Gasteiger partial charge is 0.497 e. The number of methoxy groups -OCH3 is 1. The van der Waals surface area contributed by atoms with Gasteiger partial charge in [-0.05, 0) is 65.1 Å². The lowest BCUT2D eigenvalue weighted by molar-refractivity contribution is -0.118. The molecule has 0 spiro atoms. The fourth-order valence-electron chi connectivity index (χ4n) is 5.15. The highest BCUT2D eigenvalue weighted by atomic mass is 32.2. The zero-order chi connectivity index (χ0) is 30.2. The molecule has 2 heterocycles. The number of aromatic nitrogens is 2. The van der Waals surface area contributed by atoms with Crippen molar-refractivity contribution in [3.05, 3.63) is 114 Å². The van der Waals surface area contributed by atoms with E-state index in [1.165, 1.54) is 0 Å². The maximum Gasteiger partial charge on any atom is 0.242 e. The first-order valence-corrected chi connectivity index (χ1v) is 16.5. The van der Waals surface area contributed by atoms with Crippen LogP contribution in [0.1, 0.15) is 34.7 Å². The molecule has 0 bridgehead atoms. The van der Waals surface area contributed by atoms with Gasteiger partial charge in [-0.25, -0.2) is 26.5 Å². The van der Waals surface area contributed by atoms with E-state index >= 15 is 0 Å². The van der Waals surface area contributed by atoms with Crippen molar-refractivity contribution in [2.45, 2.75) is 29.0 Å². The molecule has 1 aliphatic rings. The van der Waals surface area contributed by atoms with Gasteiger partial charge in [0.15, 0.2) is 0 Å². The first-order chi connectivity index (χ1) is 20.6. The van der Waals surface area contributed by atoms with Crippen molar-refractivity contribution in [2.24, 2.45) is 0 Å². The van der Waals surface area contributed by atoms with E-state index in [1.807, 2.05) is 53.3 Å². The Morgan fingerprint density at radius 3 is 2.19 bits per heavy atom. The van der Waals surface area contributed by atoms with Gasteiger partial charge in [-0.3, -0.25) is 9.52 Å². The molecule has 6 rings (SSSR count). The minimum absolute atomic E-state index is 0.102. The van der Waals surface area contributed by atoms with Gasteiger partial charge in [-0.15, -0.1) is 0 Å². The van der Waals surface area contributed by atoms with Gasteiger partial charge >= 0.3 is 0 Å². The molecule has 1 aliphatic heterocycles. The van der Waals surface area contributed by atoms with Crippen LogP contribution >= 0.6 is 0 Å². The Morgan fingerprint density at radius 1 is 0.930 bits per heavy atom. The average molecular weight is 617 g/mol. The van der Waals surface area contributed by atoms with Crippen molar-refractivity contribution >= 4 is 37.0 Å². The standard InChI is InChI=1S/C31H28N4O6S2/c1-41-24-14-10-21(11-15-24)22-12-16-25(17-13-22)42(37,38)34-28(31-32-26-4-2-3-5-27(26)33-31)18-20-6-8-23(9-7-20)29-19-30(36)35-43(29,39)40/h2-17,28-29,34H,18-19H2,1H3,(H,32,33)(H,35,36)/t28-,29?/m0/s1. The number of amides is 1. The van der Waals surface area contributed by atoms with E-state index in [-0.39, 0.29) is 17.7 Å². The van der Waals surface area contributed by atoms with Crippen LogP contribution in [0.15, 0.2) is 102 Å². The van der Waals surface area contributed by atoms with E-state index in [9.17, 15) is 21.6 Å². The summed E-state index contributed by atoms with van der Waals surface area (Å²) in [5.74, 6) is 0.636. The summed E-state index contributed by atoms with van der Waals surface area (Å²) in [4.78, 5) is 19.7. The fourth-order valence-corrected chi connectivity index (χ4v) is 7.78. The summed E-state index contributed by atoms with van der Waals surface area (Å²) in [5, 5.41) is -0.959. The van der Waals surface area contributed by atoms with Crippen LogP contribution in [-0.4, -0.2) is 39.8 Å². The van der Waals surface area contributed by atoms with Crippen LogP contribution in [0.3, 0.4) is 0 Å². The lowest BCUT2D eigenvalue weighted by Gasteiger charge is -2.18. The van der Waals surface area contributed by atoms with E-state index in [1.54, 1.807) is 55.6 Å². The van der Waals surface area contributed by atoms with Crippen LogP contribution in [0, 0.1) is 0 Å². The van der Waals surface area contributed by atoms with Gasteiger partial charge in [0.05, 0.1) is 35.5 Å². The number of rotatable bonds is 9. The van der Waals surface area contributed by atoms with Crippen molar-refractivity contribution in [1.82, 2.24) is 19.4 Å². The molecule has 43 heavy (non-hydrogen) atoms. The number of nitrogens with zero attached hydrogens (tertiary/aromatic N) is 1. The summed E-state index contributed by atoms with van der Waals surface area (Å²) < 4.78 is 61.9. The molecule has 0 saturated carbocycles. The van der Waals surface area contributed by atoms with Gasteiger partial charge in [-0.2, -0.15) is 0 Å². The Kier molecular flexibility index (Phi) is 7.50. The SMILES string of the molecule is COc1ccc(-c2ccc(S(=O)(=O)N[C@@H](Cc3ccc(C4CC(=O)NS4(=O)=O)cc3)c3nc4ccccc4[nH]3)cc2)cc1. The van der Waals surface area contributed by atoms with E-state index in [0.717, 1.165) is 28.0 Å². The Morgan fingerprint density at radius 2 is 1.58 bits per heavy atom. The molecule has 4 aromatic carbocycles. The van der Waals surface area contributed by atoms with Gasteiger partial charge in [0.25, 0.3) is 0 Å². The predicted octanol–water partition coefficient (Wildman–Crippen LogP) is 4.39. The van der Waals surface area contributed by atoms with Gasteiger partial charge in [-0.1, -0.05) is 60.7 Å². The van der Waals surface area contributed by atoms with Crippen molar-refractivity contribution < 1.29 is 26.4 Å². The molecule has 5 aromatic rings. The monoisotopic (exact) mass is 616 g/mol. The number of carbonyl (C=O) groups is 1. The number of H-pyrrole nitrogens is 1. The van der Waals surface area contributed by atoms with Crippen molar-refractivity contribution in [3.63, 3.8) is 0 Å². The zero-order valence-electron chi connectivity index (χ0n) is 23.0. The number of ether oxygens (including phenoxy) is 1. The molecule has 0 aliphatic carbocycles. The summed E-state index contributed by atoms with van der Waals surface area (Å²) in [7, 11) is -6.15. The number of aromatic amines is 1. The van der Waals surface area contributed by atoms with Crippen molar-refractivity contribution in [2.75, 3.05) is 7.11 Å². The minimum Gasteiger partial charge on any atom is -0.497 e.